The summed E-state index contributed by atoms with van der Waals surface area (Å²) in [6.07, 6.45) is 7.87. The van der Waals surface area contributed by atoms with E-state index in [2.05, 4.69) is 29.2 Å². The highest BCUT2D eigenvalue weighted by Crippen LogP contribution is 2.49. The molecule has 0 radical (unpaired) electrons. The van der Waals surface area contributed by atoms with E-state index in [4.69, 9.17) is 4.74 Å². The molecular formula is C15H26N4O. The molecule has 20 heavy (non-hydrogen) atoms. The molecule has 1 fully saturated rings. The van der Waals surface area contributed by atoms with Crippen molar-refractivity contribution in [2.75, 3.05) is 7.11 Å². The number of methoxy groups -OCH3 is 1. The molecule has 3 atom stereocenters. The van der Waals surface area contributed by atoms with Crippen molar-refractivity contribution in [3.63, 3.8) is 0 Å². The van der Waals surface area contributed by atoms with Gasteiger partial charge in [-0.15, -0.1) is 0 Å². The summed E-state index contributed by atoms with van der Waals surface area (Å²) in [4.78, 5) is 4.45. The standard InChI is InChI=1S/C15H26N4O/c1-4-15(5-2)12(9-13(15)20-3)18-11-7-6-8-19-14(11)16-10-17-19/h10-13,18H,4-9H2,1-3H3. The molecule has 0 saturated heterocycles. The van der Waals surface area contributed by atoms with E-state index in [1.807, 2.05) is 11.8 Å². The summed E-state index contributed by atoms with van der Waals surface area (Å²) in [5, 5.41) is 8.16. The lowest BCUT2D eigenvalue weighted by Gasteiger charge is -2.56. The van der Waals surface area contributed by atoms with Gasteiger partial charge < -0.3 is 10.1 Å². The SMILES string of the molecule is CCC1(CC)C(NC2CCCn3ncnc32)CC1OC. The smallest absolute Gasteiger partial charge is 0.143 e. The van der Waals surface area contributed by atoms with E-state index < -0.39 is 0 Å². The van der Waals surface area contributed by atoms with Gasteiger partial charge in [-0.3, -0.25) is 0 Å². The molecule has 3 unspecified atom stereocenters. The lowest BCUT2D eigenvalue weighted by molar-refractivity contribution is -0.127. The summed E-state index contributed by atoms with van der Waals surface area (Å²) < 4.78 is 7.73. The molecule has 2 heterocycles. The summed E-state index contributed by atoms with van der Waals surface area (Å²) in [5.41, 5.74) is 0.289. The lowest BCUT2D eigenvalue weighted by atomic mass is 9.58. The predicted molar refractivity (Wildman–Crippen MR) is 77.3 cm³/mol. The minimum atomic E-state index is 0.289. The summed E-state index contributed by atoms with van der Waals surface area (Å²) in [6.45, 7) is 5.57. The van der Waals surface area contributed by atoms with Crippen LogP contribution in [-0.4, -0.2) is 34.0 Å². The molecule has 0 spiro atoms. The van der Waals surface area contributed by atoms with Crippen molar-refractivity contribution < 1.29 is 4.74 Å². The molecule has 112 valence electrons. The molecule has 5 heteroatoms. The molecule has 0 amide bonds. The van der Waals surface area contributed by atoms with Crippen LogP contribution in [0, 0.1) is 5.41 Å². The Labute approximate surface area is 121 Å². The number of hydrogen-bond donors (Lipinski definition) is 1. The van der Waals surface area contributed by atoms with E-state index in [0.29, 0.717) is 18.2 Å². The highest BCUT2D eigenvalue weighted by molar-refractivity contribution is 5.09. The van der Waals surface area contributed by atoms with Crippen molar-refractivity contribution >= 4 is 0 Å². The average molecular weight is 278 g/mol. The van der Waals surface area contributed by atoms with Crippen molar-refractivity contribution in [3.05, 3.63) is 12.2 Å². The van der Waals surface area contributed by atoms with Crippen LogP contribution in [0.25, 0.3) is 0 Å². The molecule has 1 saturated carbocycles. The van der Waals surface area contributed by atoms with Crippen molar-refractivity contribution in [1.29, 1.82) is 0 Å². The molecule has 1 aliphatic carbocycles. The van der Waals surface area contributed by atoms with Gasteiger partial charge in [0.25, 0.3) is 0 Å². The molecule has 3 rings (SSSR count). The number of ether oxygens (including phenoxy) is 1. The first-order valence-electron chi connectivity index (χ1n) is 7.91. The summed E-state index contributed by atoms with van der Waals surface area (Å²) >= 11 is 0. The zero-order chi connectivity index (χ0) is 14.2. The van der Waals surface area contributed by atoms with E-state index in [1.165, 1.54) is 19.3 Å². The first-order valence-corrected chi connectivity index (χ1v) is 7.91. The summed E-state index contributed by atoms with van der Waals surface area (Å²) in [7, 11) is 1.85. The third kappa shape index (κ3) is 1.99. The third-order valence-corrected chi connectivity index (χ3v) is 5.61. The fourth-order valence-electron chi connectivity index (χ4n) is 4.20. The quantitative estimate of drug-likeness (QED) is 0.898. The Bertz CT molecular complexity index is 454. The number of rotatable bonds is 5. The first kappa shape index (κ1) is 14.0. The molecular weight excluding hydrogens is 252 g/mol. The molecule has 5 nitrogen and oxygen atoms in total. The Hall–Kier alpha value is -0.940. The second kappa shape index (κ2) is 5.45. The van der Waals surface area contributed by atoms with Crippen LogP contribution in [0.5, 0.6) is 0 Å². The molecule has 0 aromatic carbocycles. The van der Waals surface area contributed by atoms with Gasteiger partial charge in [0.2, 0.25) is 0 Å². The first-order chi connectivity index (χ1) is 9.75. The van der Waals surface area contributed by atoms with Gasteiger partial charge in [0.05, 0.1) is 12.1 Å². The van der Waals surface area contributed by atoms with Gasteiger partial charge in [0.15, 0.2) is 0 Å². The summed E-state index contributed by atoms with van der Waals surface area (Å²) in [5.74, 6) is 1.11. The summed E-state index contributed by atoms with van der Waals surface area (Å²) in [6, 6.07) is 0.891. The van der Waals surface area contributed by atoms with E-state index in [0.717, 1.165) is 25.2 Å². The van der Waals surface area contributed by atoms with Crippen molar-refractivity contribution in [2.24, 2.45) is 5.41 Å². The number of hydrogen-bond acceptors (Lipinski definition) is 4. The molecule has 1 aliphatic heterocycles. The Morgan fingerprint density at radius 3 is 2.95 bits per heavy atom. The number of aromatic nitrogens is 3. The van der Waals surface area contributed by atoms with Crippen LogP contribution in [0.3, 0.4) is 0 Å². The zero-order valence-electron chi connectivity index (χ0n) is 12.8. The number of fused-ring (bicyclic) bond motifs is 1. The molecule has 0 bridgehead atoms. The molecule has 2 aliphatic rings. The maximum absolute atomic E-state index is 5.68. The van der Waals surface area contributed by atoms with E-state index >= 15 is 0 Å². The Kier molecular flexibility index (Phi) is 3.82. The van der Waals surface area contributed by atoms with Crippen LogP contribution in [0.4, 0.5) is 0 Å². The highest BCUT2D eigenvalue weighted by atomic mass is 16.5. The normalized spacial score (nSPS) is 31.6. The van der Waals surface area contributed by atoms with Gasteiger partial charge in [-0.25, -0.2) is 9.67 Å². The van der Waals surface area contributed by atoms with Crippen LogP contribution < -0.4 is 5.32 Å². The Balaban J connectivity index is 1.73. The fourth-order valence-corrected chi connectivity index (χ4v) is 4.20. The largest absolute Gasteiger partial charge is 0.381 e. The van der Waals surface area contributed by atoms with Gasteiger partial charge in [-0.05, 0) is 32.1 Å². The van der Waals surface area contributed by atoms with Crippen molar-refractivity contribution in [1.82, 2.24) is 20.1 Å². The molecule has 1 N–H and O–H groups in total. The highest BCUT2D eigenvalue weighted by Gasteiger charge is 2.53. The van der Waals surface area contributed by atoms with E-state index in [-0.39, 0.29) is 5.41 Å². The van der Waals surface area contributed by atoms with E-state index in [9.17, 15) is 0 Å². The van der Waals surface area contributed by atoms with Crippen LogP contribution in [-0.2, 0) is 11.3 Å². The number of nitrogens with one attached hydrogen (secondary N) is 1. The number of nitrogens with zero attached hydrogens (tertiary/aromatic N) is 3. The third-order valence-electron chi connectivity index (χ3n) is 5.61. The molecule has 1 aromatic rings. The maximum atomic E-state index is 5.68. The number of aryl methyl sites for hydroxylation is 1. The second-order valence-corrected chi connectivity index (χ2v) is 6.16. The van der Waals surface area contributed by atoms with Crippen LogP contribution in [0.2, 0.25) is 0 Å². The van der Waals surface area contributed by atoms with Gasteiger partial charge >= 0.3 is 0 Å². The average Bonchev–Trinajstić information content (AvgIpc) is 2.93. The lowest BCUT2D eigenvalue weighted by Crippen LogP contribution is -2.63. The predicted octanol–water partition coefficient (Wildman–Crippen LogP) is 2.30. The van der Waals surface area contributed by atoms with Gasteiger partial charge in [0, 0.05) is 25.1 Å². The Morgan fingerprint density at radius 2 is 2.25 bits per heavy atom. The van der Waals surface area contributed by atoms with Crippen molar-refractivity contribution in [2.45, 2.75) is 70.7 Å². The van der Waals surface area contributed by atoms with Gasteiger partial charge in [-0.2, -0.15) is 5.10 Å². The van der Waals surface area contributed by atoms with Crippen LogP contribution in [0.15, 0.2) is 6.33 Å². The minimum Gasteiger partial charge on any atom is -0.381 e. The van der Waals surface area contributed by atoms with Gasteiger partial charge in [0.1, 0.15) is 12.2 Å². The maximum Gasteiger partial charge on any atom is 0.143 e. The second-order valence-electron chi connectivity index (χ2n) is 6.16. The zero-order valence-corrected chi connectivity index (χ0v) is 12.8. The van der Waals surface area contributed by atoms with Gasteiger partial charge in [-0.1, -0.05) is 13.8 Å². The Morgan fingerprint density at radius 1 is 1.45 bits per heavy atom. The minimum absolute atomic E-state index is 0.289. The fraction of sp³-hybridized carbons (Fsp3) is 0.867. The van der Waals surface area contributed by atoms with Crippen LogP contribution >= 0.6 is 0 Å². The van der Waals surface area contributed by atoms with Crippen molar-refractivity contribution in [3.8, 4) is 0 Å². The molecule has 1 aromatic heterocycles. The van der Waals surface area contributed by atoms with E-state index in [1.54, 1.807) is 6.33 Å². The topological polar surface area (TPSA) is 52.0 Å². The van der Waals surface area contributed by atoms with Crippen LogP contribution in [0.1, 0.15) is 57.8 Å². The monoisotopic (exact) mass is 278 g/mol.